The van der Waals surface area contributed by atoms with Crippen molar-refractivity contribution in [1.82, 2.24) is 35.9 Å². The number of hydrazine groups is 1. The third-order valence-electron chi connectivity index (χ3n) is 5.96. The van der Waals surface area contributed by atoms with Crippen molar-refractivity contribution < 1.29 is 9.53 Å². The Bertz CT molecular complexity index is 1120. The molecule has 1 aliphatic heterocycles. The number of hydrogen-bond donors (Lipinski definition) is 3. The molecule has 1 amide bonds. The number of aromatic amines is 1. The molecule has 0 radical (unpaired) electrons. The number of carbonyl (C=O) groups is 1. The highest BCUT2D eigenvalue weighted by Gasteiger charge is 2.29. The molecule has 10 heteroatoms. The molecular formula is C23H30N8O2. The first kappa shape index (κ1) is 21.6. The monoisotopic (exact) mass is 450 g/mol. The van der Waals surface area contributed by atoms with E-state index in [9.17, 15) is 4.79 Å². The topological polar surface area (TPSA) is 111 Å². The normalized spacial score (nSPS) is 17.0. The van der Waals surface area contributed by atoms with E-state index in [2.05, 4.69) is 40.8 Å². The van der Waals surface area contributed by atoms with Crippen LogP contribution < -0.4 is 20.5 Å². The number of carbonyl (C=O) groups excluding carboxylic acids is 1. The largest absolute Gasteiger partial charge is 0.491 e. The van der Waals surface area contributed by atoms with Crippen LogP contribution in [0.25, 0.3) is 22.3 Å². The second-order valence-electron chi connectivity index (χ2n) is 8.91. The Hall–Kier alpha value is -3.24. The van der Waals surface area contributed by atoms with Gasteiger partial charge in [0.2, 0.25) is 5.91 Å². The van der Waals surface area contributed by atoms with Gasteiger partial charge in [-0.3, -0.25) is 20.2 Å². The van der Waals surface area contributed by atoms with Gasteiger partial charge in [-0.1, -0.05) is 0 Å². The van der Waals surface area contributed by atoms with Crippen LogP contribution >= 0.6 is 0 Å². The smallest absolute Gasteiger partial charge is 0.237 e. The summed E-state index contributed by atoms with van der Waals surface area (Å²) in [4.78, 5) is 25.3. The fourth-order valence-electron chi connectivity index (χ4n) is 4.00. The molecule has 174 valence electrons. The molecule has 2 aromatic heterocycles. The Morgan fingerprint density at radius 1 is 1.18 bits per heavy atom. The molecule has 2 fully saturated rings. The number of piperazine rings is 1. The number of fused-ring (bicyclic) bond motifs is 1. The van der Waals surface area contributed by atoms with Gasteiger partial charge in [0.15, 0.2) is 0 Å². The number of aromatic nitrogens is 4. The molecule has 2 aliphatic rings. The summed E-state index contributed by atoms with van der Waals surface area (Å²) in [5.74, 6) is 2.02. The van der Waals surface area contributed by atoms with Crippen LogP contribution in [0.4, 0.5) is 5.82 Å². The lowest BCUT2D eigenvalue weighted by atomic mass is 10.1. The Kier molecular flexibility index (Phi) is 6.10. The van der Waals surface area contributed by atoms with Crippen molar-refractivity contribution in [2.45, 2.75) is 32.8 Å². The van der Waals surface area contributed by atoms with Gasteiger partial charge in [-0.25, -0.2) is 15.4 Å². The molecule has 0 atom stereocenters. The van der Waals surface area contributed by atoms with Crippen LogP contribution in [-0.4, -0.2) is 69.9 Å². The summed E-state index contributed by atoms with van der Waals surface area (Å²) in [7, 11) is 0. The van der Waals surface area contributed by atoms with Gasteiger partial charge in [-0.15, -0.1) is 0 Å². The first-order chi connectivity index (χ1) is 16.1. The first-order valence-electron chi connectivity index (χ1n) is 11.5. The molecule has 1 aromatic carbocycles. The molecule has 1 saturated carbocycles. The summed E-state index contributed by atoms with van der Waals surface area (Å²) >= 11 is 0. The first-order valence-corrected chi connectivity index (χ1v) is 11.5. The minimum atomic E-state index is 0.104. The van der Waals surface area contributed by atoms with E-state index in [0.29, 0.717) is 6.67 Å². The van der Waals surface area contributed by atoms with E-state index < -0.39 is 0 Å². The van der Waals surface area contributed by atoms with Crippen LogP contribution in [0.3, 0.4) is 0 Å². The number of nitrogens with zero attached hydrogens (tertiary/aromatic N) is 5. The van der Waals surface area contributed by atoms with Crippen LogP contribution in [0.2, 0.25) is 0 Å². The zero-order valence-corrected chi connectivity index (χ0v) is 19.0. The van der Waals surface area contributed by atoms with E-state index in [-0.39, 0.29) is 17.9 Å². The van der Waals surface area contributed by atoms with E-state index in [1.54, 1.807) is 6.33 Å². The highest BCUT2D eigenvalue weighted by Crippen LogP contribution is 2.30. The van der Waals surface area contributed by atoms with E-state index in [1.807, 2.05) is 38.1 Å². The maximum atomic E-state index is 11.7. The van der Waals surface area contributed by atoms with Crippen molar-refractivity contribution in [3.8, 4) is 17.1 Å². The molecule has 0 bridgehead atoms. The molecule has 3 aromatic rings. The lowest BCUT2D eigenvalue weighted by molar-refractivity contribution is -0.123. The molecule has 0 spiro atoms. The average molecular weight is 451 g/mol. The van der Waals surface area contributed by atoms with Gasteiger partial charge in [0.05, 0.1) is 24.0 Å². The number of rotatable bonds is 8. The molecule has 33 heavy (non-hydrogen) atoms. The minimum Gasteiger partial charge on any atom is -0.491 e. The second kappa shape index (κ2) is 9.32. The standard InChI is InChI=1S/C23H30N8O2/c1-15(2)33-17-5-6-19-18(11-17)22(28-27-19)20-12-21(25-13-24-20)31-9-7-30(8-10-31)14-26-29-23(32)16-3-4-16/h5-6,11-13,15-16,26H,3-4,7-10,14H2,1-2H3,(H,27,28)(H,29,32). The lowest BCUT2D eigenvalue weighted by Crippen LogP contribution is -2.52. The van der Waals surface area contributed by atoms with Gasteiger partial charge < -0.3 is 9.64 Å². The van der Waals surface area contributed by atoms with Crippen LogP contribution in [0.1, 0.15) is 26.7 Å². The van der Waals surface area contributed by atoms with E-state index >= 15 is 0 Å². The molecule has 10 nitrogen and oxygen atoms in total. The number of nitrogens with one attached hydrogen (secondary N) is 3. The lowest BCUT2D eigenvalue weighted by Gasteiger charge is -2.35. The summed E-state index contributed by atoms with van der Waals surface area (Å²) in [5, 5.41) is 8.57. The predicted octanol–water partition coefficient (Wildman–Crippen LogP) is 1.92. The number of amides is 1. The summed E-state index contributed by atoms with van der Waals surface area (Å²) in [5.41, 5.74) is 8.36. The maximum absolute atomic E-state index is 11.7. The Morgan fingerprint density at radius 2 is 2.00 bits per heavy atom. The van der Waals surface area contributed by atoms with Gasteiger partial charge in [0.25, 0.3) is 0 Å². The Balaban J connectivity index is 1.23. The molecule has 5 rings (SSSR count). The van der Waals surface area contributed by atoms with Crippen LogP contribution in [0, 0.1) is 5.92 Å². The fourth-order valence-corrected chi connectivity index (χ4v) is 4.00. The quantitative estimate of drug-likeness (QED) is 0.447. The summed E-state index contributed by atoms with van der Waals surface area (Å²) in [6, 6.07) is 7.92. The van der Waals surface area contributed by atoms with Crippen molar-refractivity contribution in [1.29, 1.82) is 0 Å². The summed E-state index contributed by atoms with van der Waals surface area (Å²) < 4.78 is 5.85. The number of H-pyrrole nitrogens is 1. The predicted molar refractivity (Wildman–Crippen MR) is 126 cm³/mol. The summed E-state index contributed by atoms with van der Waals surface area (Å²) in [6.07, 6.45) is 3.72. The van der Waals surface area contributed by atoms with Crippen LogP contribution in [0.5, 0.6) is 5.75 Å². The van der Waals surface area contributed by atoms with E-state index in [4.69, 9.17) is 4.74 Å². The van der Waals surface area contributed by atoms with Gasteiger partial charge >= 0.3 is 0 Å². The number of benzene rings is 1. The number of anilines is 1. The van der Waals surface area contributed by atoms with Crippen molar-refractivity contribution in [3.63, 3.8) is 0 Å². The average Bonchev–Trinajstić information content (AvgIpc) is 3.59. The molecule has 3 heterocycles. The molecule has 3 N–H and O–H groups in total. The van der Waals surface area contributed by atoms with E-state index in [0.717, 1.165) is 72.9 Å². The zero-order chi connectivity index (χ0) is 22.8. The maximum Gasteiger partial charge on any atom is 0.237 e. The van der Waals surface area contributed by atoms with Crippen molar-refractivity contribution >= 4 is 22.6 Å². The van der Waals surface area contributed by atoms with Crippen molar-refractivity contribution in [3.05, 3.63) is 30.6 Å². The summed E-state index contributed by atoms with van der Waals surface area (Å²) in [6.45, 7) is 8.13. The van der Waals surface area contributed by atoms with Crippen LogP contribution in [-0.2, 0) is 4.79 Å². The zero-order valence-electron chi connectivity index (χ0n) is 19.0. The molecule has 0 unspecified atom stereocenters. The Labute approximate surface area is 192 Å². The van der Waals surface area contributed by atoms with Crippen molar-refractivity contribution in [2.75, 3.05) is 37.7 Å². The molecule has 1 aliphatic carbocycles. The molecule has 1 saturated heterocycles. The second-order valence-corrected chi connectivity index (χ2v) is 8.91. The van der Waals surface area contributed by atoms with Gasteiger partial charge in [0.1, 0.15) is 23.6 Å². The number of ether oxygens (including phenoxy) is 1. The highest BCUT2D eigenvalue weighted by molar-refractivity contribution is 5.93. The Morgan fingerprint density at radius 3 is 2.76 bits per heavy atom. The minimum absolute atomic E-state index is 0.104. The SMILES string of the molecule is CC(C)Oc1ccc2[nH]nc(-c3cc(N4CCN(CNNC(=O)C5CC5)CC4)ncn3)c2c1. The van der Waals surface area contributed by atoms with Gasteiger partial charge in [-0.2, -0.15) is 5.10 Å². The third kappa shape index (κ3) is 5.07. The fraction of sp³-hybridized carbons (Fsp3) is 0.478. The highest BCUT2D eigenvalue weighted by atomic mass is 16.5. The third-order valence-corrected chi connectivity index (χ3v) is 5.96. The number of hydrogen-bond acceptors (Lipinski definition) is 8. The van der Waals surface area contributed by atoms with Crippen LogP contribution in [0.15, 0.2) is 30.6 Å². The van der Waals surface area contributed by atoms with Crippen molar-refractivity contribution in [2.24, 2.45) is 5.92 Å². The molecular weight excluding hydrogens is 420 g/mol. The van der Waals surface area contributed by atoms with Gasteiger partial charge in [0, 0.05) is 43.5 Å². The van der Waals surface area contributed by atoms with Gasteiger partial charge in [-0.05, 0) is 44.9 Å². The van der Waals surface area contributed by atoms with E-state index in [1.165, 1.54) is 0 Å².